The normalized spacial score (nSPS) is 13.0. The Kier molecular flexibility index (Phi) is 4.90. The van der Waals surface area contributed by atoms with Crippen molar-refractivity contribution in [1.82, 2.24) is 10.6 Å². The van der Waals surface area contributed by atoms with Crippen molar-refractivity contribution in [1.29, 1.82) is 0 Å². The molecular weight excluding hydrogens is 340 g/mol. The van der Waals surface area contributed by atoms with Gasteiger partial charge in [-0.15, -0.1) is 0 Å². The van der Waals surface area contributed by atoms with Gasteiger partial charge in [-0.1, -0.05) is 46.3 Å². The lowest BCUT2D eigenvalue weighted by Gasteiger charge is -2.07. The van der Waals surface area contributed by atoms with Gasteiger partial charge in [-0.05, 0) is 40.8 Å². The van der Waals surface area contributed by atoms with Crippen LogP contribution in [0.25, 0.3) is 0 Å². The number of halogens is 1. The summed E-state index contributed by atoms with van der Waals surface area (Å²) >= 11 is 3.45. The van der Waals surface area contributed by atoms with Crippen molar-refractivity contribution in [3.05, 3.63) is 69.2 Å². The van der Waals surface area contributed by atoms with Crippen molar-refractivity contribution in [3.8, 4) is 0 Å². The first-order valence-corrected chi connectivity index (χ1v) is 8.32. The SMILES string of the molecule is O=C(CCc1cccc(Br)c1)NCc1ccc2c(c1)CNC2. The minimum atomic E-state index is 0.0959. The second-order valence-corrected chi connectivity index (χ2v) is 6.53. The summed E-state index contributed by atoms with van der Waals surface area (Å²) in [5.74, 6) is 0.0959. The van der Waals surface area contributed by atoms with E-state index in [1.807, 2.05) is 18.2 Å². The van der Waals surface area contributed by atoms with E-state index >= 15 is 0 Å². The molecule has 2 N–H and O–H groups in total. The van der Waals surface area contributed by atoms with Gasteiger partial charge in [0, 0.05) is 30.5 Å². The number of benzene rings is 2. The molecule has 1 heterocycles. The summed E-state index contributed by atoms with van der Waals surface area (Å²) in [6.07, 6.45) is 1.28. The highest BCUT2D eigenvalue weighted by molar-refractivity contribution is 9.10. The topological polar surface area (TPSA) is 41.1 Å². The Morgan fingerprint density at radius 1 is 1.09 bits per heavy atom. The van der Waals surface area contributed by atoms with E-state index in [0.717, 1.165) is 24.0 Å². The molecule has 2 aromatic carbocycles. The Morgan fingerprint density at radius 2 is 1.95 bits per heavy atom. The van der Waals surface area contributed by atoms with Gasteiger partial charge < -0.3 is 10.6 Å². The molecule has 0 atom stereocenters. The lowest BCUT2D eigenvalue weighted by atomic mass is 10.1. The van der Waals surface area contributed by atoms with Crippen LogP contribution in [0.2, 0.25) is 0 Å². The van der Waals surface area contributed by atoms with Gasteiger partial charge in [-0.25, -0.2) is 0 Å². The lowest BCUT2D eigenvalue weighted by molar-refractivity contribution is -0.121. The smallest absolute Gasteiger partial charge is 0.220 e. The largest absolute Gasteiger partial charge is 0.352 e. The molecular formula is C18H19BrN2O. The predicted molar refractivity (Wildman–Crippen MR) is 91.3 cm³/mol. The van der Waals surface area contributed by atoms with Crippen LogP contribution >= 0.6 is 15.9 Å². The van der Waals surface area contributed by atoms with E-state index in [2.05, 4.69) is 50.8 Å². The van der Waals surface area contributed by atoms with E-state index in [0.29, 0.717) is 13.0 Å². The summed E-state index contributed by atoms with van der Waals surface area (Å²) in [7, 11) is 0. The average Bonchev–Trinajstić information content (AvgIpc) is 2.98. The zero-order valence-electron chi connectivity index (χ0n) is 12.4. The number of fused-ring (bicyclic) bond motifs is 1. The number of hydrogen-bond acceptors (Lipinski definition) is 2. The molecule has 0 saturated heterocycles. The Labute approximate surface area is 139 Å². The highest BCUT2D eigenvalue weighted by atomic mass is 79.9. The first kappa shape index (κ1) is 15.3. The highest BCUT2D eigenvalue weighted by Gasteiger charge is 2.10. The van der Waals surface area contributed by atoms with Gasteiger partial charge in [0.05, 0.1) is 0 Å². The van der Waals surface area contributed by atoms with Crippen LogP contribution in [-0.4, -0.2) is 5.91 Å². The van der Waals surface area contributed by atoms with Gasteiger partial charge in [0.1, 0.15) is 0 Å². The molecule has 0 aliphatic carbocycles. The van der Waals surface area contributed by atoms with Gasteiger partial charge in [0.15, 0.2) is 0 Å². The zero-order chi connectivity index (χ0) is 15.4. The summed E-state index contributed by atoms with van der Waals surface area (Å²) in [6.45, 7) is 2.49. The molecule has 1 aliphatic rings. The maximum atomic E-state index is 12.0. The third kappa shape index (κ3) is 3.96. The van der Waals surface area contributed by atoms with Gasteiger partial charge in [-0.3, -0.25) is 4.79 Å². The monoisotopic (exact) mass is 358 g/mol. The van der Waals surface area contributed by atoms with E-state index in [9.17, 15) is 4.79 Å². The van der Waals surface area contributed by atoms with E-state index in [1.54, 1.807) is 0 Å². The summed E-state index contributed by atoms with van der Waals surface area (Å²) in [4.78, 5) is 12.0. The Morgan fingerprint density at radius 3 is 2.82 bits per heavy atom. The zero-order valence-corrected chi connectivity index (χ0v) is 13.9. The van der Waals surface area contributed by atoms with Crippen LogP contribution in [0.1, 0.15) is 28.7 Å². The van der Waals surface area contributed by atoms with E-state index < -0.39 is 0 Å². The molecule has 0 aromatic heterocycles. The van der Waals surface area contributed by atoms with E-state index in [4.69, 9.17) is 0 Å². The minimum absolute atomic E-state index is 0.0959. The number of amides is 1. The molecule has 3 nitrogen and oxygen atoms in total. The highest BCUT2D eigenvalue weighted by Crippen LogP contribution is 2.17. The maximum absolute atomic E-state index is 12.0. The molecule has 0 fully saturated rings. The third-order valence-corrected chi connectivity index (χ3v) is 4.41. The molecule has 22 heavy (non-hydrogen) atoms. The van der Waals surface area contributed by atoms with Crippen molar-refractivity contribution in [3.63, 3.8) is 0 Å². The number of nitrogens with one attached hydrogen (secondary N) is 2. The van der Waals surface area contributed by atoms with Gasteiger partial charge in [0.2, 0.25) is 5.91 Å². The van der Waals surface area contributed by atoms with Crippen LogP contribution < -0.4 is 10.6 Å². The molecule has 0 radical (unpaired) electrons. The Bertz CT molecular complexity index is 685. The predicted octanol–water partition coefficient (Wildman–Crippen LogP) is 3.30. The molecule has 1 aliphatic heterocycles. The number of hydrogen-bond donors (Lipinski definition) is 2. The second kappa shape index (κ2) is 7.07. The van der Waals surface area contributed by atoms with Crippen LogP contribution in [0.4, 0.5) is 0 Å². The fourth-order valence-electron chi connectivity index (χ4n) is 2.70. The van der Waals surface area contributed by atoms with E-state index in [-0.39, 0.29) is 5.91 Å². The summed E-state index contributed by atoms with van der Waals surface area (Å²) in [5.41, 5.74) is 5.05. The number of carbonyl (C=O) groups excluding carboxylic acids is 1. The first-order valence-electron chi connectivity index (χ1n) is 7.53. The van der Waals surface area contributed by atoms with Crippen LogP contribution in [0, 0.1) is 0 Å². The molecule has 0 unspecified atom stereocenters. The lowest BCUT2D eigenvalue weighted by Crippen LogP contribution is -2.23. The summed E-state index contributed by atoms with van der Waals surface area (Å²) < 4.78 is 1.05. The number of rotatable bonds is 5. The molecule has 114 valence electrons. The Hall–Kier alpha value is -1.65. The standard InChI is InChI=1S/C18H19BrN2O/c19-17-3-1-2-13(9-17)5-7-18(22)21-10-14-4-6-15-11-20-12-16(15)8-14/h1-4,6,8-9,20H,5,7,10-12H2,(H,21,22). The molecule has 0 saturated carbocycles. The summed E-state index contributed by atoms with van der Waals surface area (Å²) in [5, 5.41) is 6.34. The molecule has 1 amide bonds. The van der Waals surface area contributed by atoms with Gasteiger partial charge in [-0.2, -0.15) is 0 Å². The quantitative estimate of drug-likeness (QED) is 0.860. The first-order chi connectivity index (χ1) is 10.7. The number of carbonyl (C=O) groups is 1. The second-order valence-electron chi connectivity index (χ2n) is 5.61. The third-order valence-electron chi connectivity index (χ3n) is 3.92. The van der Waals surface area contributed by atoms with Crippen LogP contribution in [0.3, 0.4) is 0 Å². The van der Waals surface area contributed by atoms with Crippen LogP contribution in [0.15, 0.2) is 46.9 Å². The fourth-order valence-corrected chi connectivity index (χ4v) is 3.14. The Balaban J connectivity index is 1.48. The van der Waals surface area contributed by atoms with Gasteiger partial charge >= 0.3 is 0 Å². The van der Waals surface area contributed by atoms with Crippen molar-refractivity contribution >= 4 is 21.8 Å². The molecule has 0 bridgehead atoms. The molecule has 4 heteroatoms. The fraction of sp³-hybridized carbons (Fsp3) is 0.278. The number of aryl methyl sites for hydroxylation is 1. The maximum Gasteiger partial charge on any atom is 0.220 e. The molecule has 3 rings (SSSR count). The van der Waals surface area contributed by atoms with Crippen molar-refractivity contribution < 1.29 is 4.79 Å². The summed E-state index contributed by atoms with van der Waals surface area (Å²) in [6, 6.07) is 14.5. The van der Waals surface area contributed by atoms with Gasteiger partial charge in [0.25, 0.3) is 0 Å². The minimum Gasteiger partial charge on any atom is -0.352 e. The van der Waals surface area contributed by atoms with Crippen molar-refractivity contribution in [2.24, 2.45) is 0 Å². The van der Waals surface area contributed by atoms with Crippen molar-refractivity contribution in [2.75, 3.05) is 0 Å². The average molecular weight is 359 g/mol. The van der Waals surface area contributed by atoms with Crippen LogP contribution in [0.5, 0.6) is 0 Å². The molecule has 0 spiro atoms. The van der Waals surface area contributed by atoms with Crippen LogP contribution in [-0.2, 0) is 30.8 Å². The van der Waals surface area contributed by atoms with E-state index in [1.165, 1.54) is 22.3 Å². The molecule has 2 aromatic rings. The van der Waals surface area contributed by atoms with Crippen molar-refractivity contribution in [2.45, 2.75) is 32.5 Å².